The Labute approximate surface area is 112 Å². The Morgan fingerprint density at radius 2 is 1.94 bits per heavy atom. The van der Waals surface area contributed by atoms with Gasteiger partial charge in [0.15, 0.2) is 0 Å². The molecule has 0 radical (unpaired) electrons. The van der Waals surface area contributed by atoms with Gasteiger partial charge in [-0.05, 0) is 38.9 Å². The third-order valence-corrected chi connectivity index (χ3v) is 5.19. The van der Waals surface area contributed by atoms with E-state index in [-0.39, 0.29) is 5.54 Å². The van der Waals surface area contributed by atoms with Crippen LogP contribution in [-0.2, 0) is 0 Å². The molecule has 2 rings (SSSR count). The molecule has 2 heteroatoms. The number of nitrogens with zero attached hydrogens (tertiary/aromatic N) is 1. The number of likely N-dealkylation sites (N-methyl/N-ethyl adjacent to an activating group) is 1. The van der Waals surface area contributed by atoms with E-state index < -0.39 is 0 Å². The number of halogens is 1. The van der Waals surface area contributed by atoms with Gasteiger partial charge in [0.1, 0.15) is 0 Å². The zero-order valence-electron chi connectivity index (χ0n) is 10.5. The third kappa shape index (κ3) is 1.90. The van der Waals surface area contributed by atoms with Gasteiger partial charge in [-0.25, -0.2) is 0 Å². The Bertz CT molecular complexity index is 386. The molecule has 0 saturated carbocycles. The Morgan fingerprint density at radius 3 is 2.44 bits per heavy atom. The molecule has 2 unspecified atom stereocenters. The normalized spacial score (nSPS) is 29.6. The second kappa shape index (κ2) is 4.30. The van der Waals surface area contributed by atoms with Crippen molar-refractivity contribution >= 4 is 22.6 Å². The molecule has 1 saturated heterocycles. The number of benzene rings is 1. The van der Waals surface area contributed by atoms with Crippen molar-refractivity contribution in [3.05, 3.63) is 35.4 Å². The largest absolute Gasteiger partial charge is 0.300 e. The fourth-order valence-electron chi connectivity index (χ4n) is 2.79. The van der Waals surface area contributed by atoms with Crippen LogP contribution >= 0.6 is 22.6 Å². The predicted octanol–water partition coefficient (Wildman–Crippen LogP) is 3.61. The summed E-state index contributed by atoms with van der Waals surface area (Å²) in [5.74, 6) is 0.638. The monoisotopic (exact) mass is 329 g/mol. The summed E-state index contributed by atoms with van der Waals surface area (Å²) in [5.41, 5.74) is 3.21. The molecule has 1 aromatic rings. The van der Waals surface area contributed by atoms with Crippen LogP contribution in [-0.4, -0.2) is 28.0 Å². The molecule has 2 atom stereocenters. The maximum atomic E-state index is 2.61. The average Bonchev–Trinajstić information content (AvgIpc) is 2.39. The van der Waals surface area contributed by atoms with E-state index in [9.17, 15) is 0 Å². The summed E-state index contributed by atoms with van der Waals surface area (Å²) < 4.78 is 0.707. The minimum absolute atomic E-state index is 0.262. The second-order valence-corrected chi connectivity index (χ2v) is 6.98. The van der Waals surface area contributed by atoms with Crippen LogP contribution in [0.5, 0.6) is 0 Å². The van der Waals surface area contributed by atoms with Gasteiger partial charge in [0.25, 0.3) is 0 Å². The summed E-state index contributed by atoms with van der Waals surface area (Å²) in [6.45, 7) is 8.14. The molecule has 0 amide bonds. The molecule has 0 bridgehead atoms. The molecule has 1 aliphatic heterocycles. The zero-order valence-corrected chi connectivity index (χ0v) is 12.7. The Hall–Kier alpha value is -0.0900. The molecule has 1 nitrogen and oxygen atoms in total. The summed E-state index contributed by atoms with van der Waals surface area (Å²) in [4.78, 5) is 2.49. The van der Waals surface area contributed by atoms with Gasteiger partial charge in [-0.15, -0.1) is 0 Å². The lowest BCUT2D eigenvalue weighted by atomic mass is 9.81. The van der Waals surface area contributed by atoms with Crippen molar-refractivity contribution in [2.45, 2.75) is 36.2 Å². The van der Waals surface area contributed by atoms with Crippen LogP contribution in [0.15, 0.2) is 24.3 Å². The fraction of sp³-hybridized carbons (Fsp3) is 0.571. The minimum atomic E-state index is 0.262. The van der Waals surface area contributed by atoms with Crippen molar-refractivity contribution < 1.29 is 0 Å². The first-order valence-corrected chi connectivity index (χ1v) is 7.10. The molecule has 0 aliphatic carbocycles. The van der Waals surface area contributed by atoms with Crippen LogP contribution < -0.4 is 0 Å². The smallest absolute Gasteiger partial charge is 0.0323 e. The Morgan fingerprint density at radius 1 is 1.31 bits per heavy atom. The Kier molecular flexibility index (Phi) is 3.32. The van der Waals surface area contributed by atoms with E-state index >= 15 is 0 Å². The van der Waals surface area contributed by atoms with Gasteiger partial charge >= 0.3 is 0 Å². The number of hydrogen-bond acceptors (Lipinski definition) is 1. The summed E-state index contributed by atoms with van der Waals surface area (Å²) in [5, 5.41) is 0. The van der Waals surface area contributed by atoms with E-state index in [0.29, 0.717) is 9.84 Å². The van der Waals surface area contributed by atoms with Crippen molar-refractivity contribution in [3.63, 3.8) is 0 Å². The van der Waals surface area contributed by atoms with Gasteiger partial charge in [-0.1, -0.05) is 46.9 Å². The van der Waals surface area contributed by atoms with Crippen LogP contribution in [0.25, 0.3) is 0 Å². The summed E-state index contributed by atoms with van der Waals surface area (Å²) in [6, 6.07) is 8.83. The van der Waals surface area contributed by atoms with E-state index in [1.807, 2.05) is 0 Å². The van der Waals surface area contributed by atoms with E-state index in [2.05, 4.69) is 79.6 Å². The first kappa shape index (κ1) is 12.4. The van der Waals surface area contributed by atoms with Crippen molar-refractivity contribution in [1.29, 1.82) is 0 Å². The van der Waals surface area contributed by atoms with Gasteiger partial charge in [0, 0.05) is 21.9 Å². The fourth-order valence-corrected chi connectivity index (χ4v) is 4.65. The van der Waals surface area contributed by atoms with Crippen molar-refractivity contribution in [1.82, 2.24) is 4.90 Å². The lowest BCUT2D eigenvalue weighted by Gasteiger charge is -2.34. The highest BCUT2D eigenvalue weighted by atomic mass is 127. The summed E-state index contributed by atoms with van der Waals surface area (Å²) in [7, 11) is 2.24. The van der Waals surface area contributed by atoms with Crippen LogP contribution in [0.2, 0.25) is 0 Å². The number of rotatable bonds is 1. The van der Waals surface area contributed by atoms with Crippen molar-refractivity contribution in [3.8, 4) is 0 Å². The summed E-state index contributed by atoms with van der Waals surface area (Å²) in [6.07, 6.45) is 0. The van der Waals surface area contributed by atoms with Gasteiger partial charge in [-0.3, -0.25) is 4.90 Å². The molecule has 0 spiro atoms. The first-order valence-electron chi connectivity index (χ1n) is 5.85. The molecular formula is C14H20IN. The number of likely N-dealkylation sites (tertiary alicyclic amines) is 1. The molecule has 1 aromatic carbocycles. The molecule has 1 aliphatic rings. The van der Waals surface area contributed by atoms with Gasteiger partial charge in [0.05, 0.1) is 0 Å². The SMILES string of the molecule is Cc1ccccc1C1C(I)CN(C)C1(C)C. The van der Waals surface area contributed by atoms with Crippen molar-refractivity contribution in [2.75, 3.05) is 13.6 Å². The van der Waals surface area contributed by atoms with Crippen LogP contribution in [0.4, 0.5) is 0 Å². The lowest BCUT2D eigenvalue weighted by molar-refractivity contribution is 0.201. The van der Waals surface area contributed by atoms with Gasteiger partial charge in [-0.2, -0.15) is 0 Å². The molecule has 1 fully saturated rings. The Balaban J connectivity index is 2.44. The highest BCUT2D eigenvalue weighted by Gasteiger charge is 2.45. The lowest BCUT2D eigenvalue weighted by Crippen LogP contribution is -2.39. The second-order valence-electron chi connectivity index (χ2n) is 5.38. The van der Waals surface area contributed by atoms with E-state index in [0.717, 1.165) is 0 Å². The minimum Gasteiger partial charge on any atom is -0.300 e. The van der Waals surface area contributed by atoms with Crippen LogP contribution in [0.3, 0.4) is 0 Å². The molecule has 16 heavy (non-hydrogen) atoms. The molecule has 1 heterocycles. The number of hydrogen-bond donors (Lipinski definition) is 0. The standard InChI is InChI=1S/C14H20IN/c1-10-7-5-6-8-11(10)13-12(15)9-16(4)14(13,2)3/h5-8,12-13H,9H2,1-4H3. The highest BCUT2D eigenvalue weighted by molar-refractivity contribution is 14.1. The van der Waals surface area contributed by atoms with E-state index in [1.54, 1.807) is 0 Å². The van der Waals surface area contributed by atoms with Crippen LogP contribution in [0, 0.1) is 6.92 Å². The highest BCUT2D eigenvalue weighted by Crippen LogP contribution is 2.45. The van der Waals surface area contributed by atoms with Gasteiger partial charge < -0.3 is 0 Å². The number of alkyl halides is 1. The first-order chi connectivity index (χ1) is 7.44. The number of aryl methyl sites for hydroxylation is 1. The maximum Gasteiger partial charge on any atom is 0.0323 e. The predicted molar refractivity (Wildman–Crippen MR) is 78.4 cm³/mol. The summed E-state index contributed by atoms with van der Waals surface area (Å²) >= 11 is 2.61. The molecule has 0 aromatic heterocycles. The maximum absolute atomic E-state index is 2.61. The van der Waals surface area contributed by atoms with E-state index in [4.69, 9.17) is 0 Å². The zero-order chi connectivity index (χ0) is 11.9. The molecule has 88 valence electrons. The average molecular weight is 329 g/mol. The molecule has 0 N–H and O–H groups in total. The third-order valence-electron chi connectivity index (χ3n) is 4.08. The van der Waals surface area contributed by atoms with Crippen molar-refractivity contribution in [2.24, 2.45) is 0 Å². The van der Waals surface area contributed by atoms with Gasteiger partial charge in [0.2, 0.25) is 0 Å². The topological polar surface area (TPSA) is 3.24 Å². The quantitative estimate of drug-likeness (QED) is 0.562. The molecular weight excluding hydrogens is 309 g/mol. The van der Waals surface area contributed by atoms with E-state index in [1.165, 1.54) is 17.7 Å². The van der Waals surface area contributed by atoms with Crippen LogP contribution in [0.1, 0.15) is 30.9 Å².